The number of alkyl halides is 3. The van der Waals surface area contributed by atoms with Gasteiger partial charge in [0.25, 0.3) is 0 Å². The molecule has 0 amide bonds. The lowest BCUT2D eigenvalue weighted by molar-refractivity contribution is -0.146. The van der Waals surface area contributed by atoms with Gasteiger partial charge in [0.05, 0.1) is 21.2 Å². The van der Waals surface area contributed by atoms with Gasteiger partial charge in [-0.2, -0.15) is 18.3 Å². The third kappa shape index (κ3) is 6.24. The fraction of sp³-hybridized carbons (Fsp3) is 0.364. The van der Waals surface area contributed by atoms with Gasteiger partial charge in [0, 0.05) is 11.4 Å². The molecule has 2 aromatic heterocycles. The molecule has 0 saturated carbocycles. The van der Waals surface area contributed by atoms with Crippen LogP contribution in [-0.2, 0) is 32.1 Å². The maximum absolute atomic E-state index is 13.3. The first-order chi connectivity index (χ1) is 15.9. The fourth-order valence-electron chi connectivity index (χ4n) is 3.02. The monoisotopic (exact) mass is 515 g/mol. The number of esters is 1. The molecule has 0 saturated heterocycles. The summed E-state index contributed by atoms with van der Waals surface area (Å²) in [7, 11) is 0.195. The summed E-state index contributed by atoms with van der Waals surface area (Å²) in [6.07, 6.45) is -4.68. The topological polar surface area (TPSA) is 81.5 Å². The maximum atomic E-state index is 13.3. The van der Waals surface area contributed by atoms with Crippen molar-refractivity contribution >= 4 is 27.1 Å². The van der Waals surface area contributed by atoms with Gasteiger partial charge >= 0.3 is 12.1 Å². The zero-order chi connectivity index (χ0) is 25.1. The number of halogens is 3. The first-order valence-corrected chi connectivity index (χ1v) is 12.8. The minimum Gasteiger partial charge on any atom is -0.463 e. The van der Waals surface area contributed by atoms with Crippen LogP contribution in [0.2, 0.25) is 0 Å². The normalized spacial score (nSPS) is 12.3. The molecule has 0 N–H and O–H groups in total. The van der Waals surface area contributed by atoms with Crippen molar-refractivity contribution < 1.29 is 31.1 Å². The van der Waals surface area contributed by atoms with E-state index >= 15 is 0 Å². The number of hydrogen-bond donors (Lipinski definition) is 0. The van der Waals surface area contributed by atoms with E-state index in [-0.39, 0.29) is 22.9 Å². The predicted octanol–water partition coefficient (Wildman–Crippen LogP) is 4.20. The Morgan fingerprint density at radius 1 is 1.15 bits per heavy atom. The molecule has 3 aromatic rings. The summed E-state index contributed by atoms with van der Waals surface area (Å²) in [5.41, 5.74) is -0.379. The van der Waals surface area contributed by atoms with Gasteiger partial charge in [0.1, 0.15) is 13.2 Å². The van der Waals surface area contributed by atoms with Crippen molar-refractivity contribution in [3.63, 3.8) is 0 Å². The van der Waals surface area contributed by atoms with Crippen molar-refractivity contribution in [1.82, 2.24) is 14.7 Å². The molecule has 0 unspecified atom stereocenters. The second-order valence-electron chi connectivity index (χ2n) is 7.69. The Bertz CT molecular complexity index is 1260. The van der Waals surface area contributed by atoms with Crippen LogP contribution in [0.25, 0.3) is 21.0 Å². The van der Waals surface area contributed by atoms with Crippen LogP contribution < -0.4 is 0 Å². The van der Waals surface area contributed by atoms with Crippen molar-refractivity contribution in [3.8, 4) is 21.0 Å². The molecule has 0 atom stereocenters. The lowest BCUT2D eigenvalue weighted by Crippen LogP contribution is -2.22. The summed E-state index contributed by atoms with van der Waals surface area (Å²) in [5, 5.41) is 3.59. The number of carbonyl (C=O) groups excluding carboxylic acids is 1. The molecule has 184 valence electrons. The van der Waals surface area contributed by atoms with Gasteiger partial charge in [0.2, 0.25) is 0 Å². The highest BCUT2D eigenvalue weighted by atomic mass is 32.2. The molecule has 0 aliphatic heterocycles. The second kappa shape index (κ2) is 10.3. The number of likely N-dealkylation sites (N-methyl/N-ethyl adjacent to an activating group) is 1. The van der Waals surface area contributed by atoms with E-state index in [2.05, 4.69) is 5.10 Å². The molecule has 0 radical (unpaired) electrons. The SMILES string of the molecule is CCS(=O)(=O)c1cccc(-c2ccc(-c3cc(C(F)(F)F)nn3CC(=O)OCCN(C)C)s2)c1. The summed E-state index contributed by atoms with van der Waals surface area (Å²) < 4.78 is 70.5. The first-order valence-electron chi connectivity index (χ1n) is 10.3. The summed E-state index contributed by atoms with van der Waals surface area (Å²) in [5.74, 6) is -0.745. The minimum absolute atomic E-state index is 0.0454. The van der Waals surface area contributed by atoms with Crippen molar-refractivity contribution in [1.29, 1.82) is 0 Å². The molecule has 7 nitrogen and oxygen atoms in total. The van der Waals surface area contributed by atoms with Gasteiger partial charge in [-0.1, -0.05) is 19.1 Å². The number of rotatable bonds is 9. The lowest BCUT2D eigenvalue weighted by atomic mass is 10.2. The average Bonchev–Trinajstić information content (AvgIpc) is 3.40. The number of ether oxygens (including phenoxy) is 1. The van der Waals surface area contributed by atoms with Gasteiger partial charge in [0.15, 0.2) is 15.5 Å². The molecule has 2 heterocycles. The Hall–Kier alpha value is -2.70. The van der Waals surface area contributed by atoms with Crippen LogP contribution in [0.4, 0.5) is 13.2 Å². The standard InChI is InChI=1S/C22H24F3N3O4S2/c1-4-34(30,31)16-7-5-6-15(12-16)18-8-9-19(33-18)17-13-20(22(23,24)25)26-28(17)14-21(29)32-11-10-27(2)3/h5-9,12-13H,4,10-11,14H2,1-3H3. The van der Waals surface area contributed by atoms with Gasteiger partial charge in [-0.3, -0.25) is 9.48 Å². The average molecular weight is 516 g/mol. The Kier molecular flexibility index (Phi) is 7.84. The molecular formula is C22H24F3N3O4S2. The highest BCUT2D eigenvalue weighted by Gasteiger charge is 2.35. The third-order valence-corrected chi connectivity index (χ3v) is 7.76. The fourth-order valence-corrected chi connectivity index (χ4v) is 4.97. The van der Waals surface area contributed by atoms with Crippen molar-refractivity contribution in [3.05, 3.63) is 48.2 Å². The van der Waals surface area contributed by atoms with E-state index in [0.717, 1.165) is 10.7 Å². The number of benzene rings is 1. The van der Waals surface area contributed by atoms with Crippen LogP contribution in [0.3, 0.4) is 0 Å². The summed E-state index contributed by atoms with van der Waals surface area (Å²) in [6.45, 7) is 1.66. The van der Waals surface area contributed by atoms with Crippen molar-refractivity contribution in [2.24, 2.45) is 0 Å². The zero-order valence-electron chi connectivity index (χ0n) is 18.8. The van der Waals surface area contributed by atoms with Crippen LogP contribution in [0, 0.1) is 0 Å². The third-order valence-electron chi connectivity index (χ3n) is 4.87. The Morgan fingerprint density at radius 2 is 1.85 bits per heavy atom. The molecule has 1 aromatic carbocycles. The quantitative estimate of drug-likeness (QED) is 0.398. The van der Waals surface area contributed by atoms with Crippen molar-refractivity contribution in [2.75, 3.05) is 33.0 Å². The van der Waals surface area contributed by atoms with E-state index in [1.807, 2.05) is 4.90 Å². The molecule has 0 aliphatic carbocycles. The summed E-state index contributed by atoms with van der Waals surface area (Å²) in [4.78, 5) is 15.3. The van der Waals surface area contributed by atoms with Crippen LogP contribution in [0.15, 0.2) is 47.4 Å². The van der Waals surface area contributed by atoms with E-state index in [9.17, 15) is 26.4 Å². The lowest BCUT2D eigenvalue weighted by Gasteiger charge is -2.10. The van der Waals surface area contributed by atoms with E-state index in [0.29, 0.717) is 21.9 Å². The van der Waals surface area contributed by atoms with E-state index in [1.54, 1.807) is 45.3 Å². The number of sulfone groups is 1. The Labute approximate surface area is 199 Å². The van der Waals surface area contributed by atoms with Gasteiger partial charge in [-0.05, 0) is 50.0 Å². The summed E-state index contributed by atoms with van der Waals surface area (Å²) >= 11 is 1.17. The zero-order valence-corrected chi connectivity index (χ0v) is 20.4. The Balaban J connectivity index is 1.92. The van der Waals surface area contributed by atoms with Crippen LogP contribution in [-0.4, -0.2) is 62.1 Å². The molecule has 34 heavy (non-hydrogen) atoms. The van der Waals surface area contributed by atoms with Gasteiger partial charge < -0.3 is 9.64 Å². The second-order valence-corrected chi connectivity index (χ2v) is 11.1. The largest absolute Gasteiger partial charge is 0.463 e. The minimum atomic E-state index is -4.68. The smallest absolute Gasteiger partial charge is 0.435 e. The van der Waals surface area contributed by atoms with E-state index in [4.69, 9.17) is 4.74 Å². The highest BCUT2D eigenvalue weighted by Crippen LogP contribution is 2.38. The predicted molar refractivity (Wildman–Crippen MR) is 123 cm³/mol. The molecule has 0 bridgehead atoms. The molecule has 0 aliphatic rings. The molecular weight excluding hydrogens is 491 g/mol. The van der Waals surface area contributed by atoms with E-state index in [1.165, 1.54) is 23.5 Å². The van der Waals surface area contributed by atoms with Gasteiger partial charge in [-0.25, -0.2) is 8.42 Å². The molecule has 3 rings (SSSR count). The summed E-state index contributed by atoms with van der Waals surface area (Å²) in [6, 6.07) is 10.6. The van der Waals surface area contributed by atoms with Crippen LogP contribution >= 0.6 is 11.3 Å². The van der Waals surface area contributed by atoms with Gasteiger partial charge in [-0.15, -0.1) is 11.3 Å². The maximum Gasteiger partial charge on any atom is 0.435 e. The molecule has 0 spiro atoms. The van der Waals surface area contributed by atoms with Crippen LogP contribution in [0.1, 0.15) is 12.6 Å². The van der Waals surface area contributed by atoms with Crippen molar-refractivity contribution in [2.45, 2.75) is 24.5 Å². The van der Waals surface area contributed by atoms with E-state index < -0.39 is 34.2 Å². The van der Waals surface area contributed by atoms with Crippen LogP contribution in [0.5, 0.6) is 0 Å². The molecule has 0 fully saturated rings. The number of aromatic nitrogens is 2. The number of nitrogens with zero attached hydrogens (tertiary/aromatic N) is 3. The first kappa shape index (κ1) is 25.9. The number of carbonyl (C=O) groups is 1. The Morgan fingerprint density at radius 3 is 2.50 bits per heavy atom. The highest BCUT2D eigenvalue weighted by molar-refractivity contribution is 7.91. The number of thiophene rings is 1. The number of hydrogen-bond acceptors (Lipinski definition) is 7. The molecule has 12 heteroatoms.